The fourth-order valence-electron chi connectivity index (χ4n) is 3.57. The molecule has 1 unspecified atom stereocenters. The highest BCUT2D eigenvalue weighted by Gasteiger charge is 2.24. The molecule has 2 aromatic rings. The van der Waals surface area contributed by atoms with Crippen LogP contribution in [0.3, 0.4) is 0 Å². The minimum absolute atomic E-state index is 0.0326. The zero-order valence-electron chi connectivity index (χ0n) is 18.2. The molecule has 172 valence electrons. The summed E-state index contributed by atoms with van der Waals surface area (Å²) in [6, 6.07) is 12.2. The Hall–Kier alpha value is -3.07. The molecule has 0 bridgehead atoms. The molecule has 0 saturated heterocycles. The number of esters is 1. The maximum Gasteiger partial charge on any atom is 0.338 e. The third kappa shape index (κ3) is 6.00. The molecule has 2 N–H and O–H groups in total. The van der Waals surface area contributed by atoms with Crippen LogP contribution in [0.2, 0.25) is 0 Å². The number of para-hydroxylation sites is 2. The molecule has 2 aromatic carbocycles. The normalized spacial score (nSPS) is 15.4. The van der Waals surface area contributed by atoms with Crippen molar-refractivity contribution in [2.24, 2.45) is 0 Å². The van der Waals surface area contributed by atoms with Crippen LogP contribution in [0.1, 0.15) is 49.4 Å². The first-order valence-corrected chi connectivity index (χ1v) is 12.1. The minimum Gasteiger partial charge on any atom is -0.495 e. The highest BCUT2D eigenvalue weighted by atomic mass is 32.2. The number of anilines is 1. The maximum absolute atomic E-state index is 12.8. The van der Waals surface area contributed by atoms with E-state index in [-0.39, 0.29) is 28.1 Å². The van der Waals surface area contributed by atoms with Crippen LogP contribution in [-0.4, -0.2) is 39.5 Å². The fourth-order valence-corrected chi connectivity index (χ4v) is 4.69. The number of carbonyl (C=O) groups is 2. The fraction of sp³-hybridized carbons (Fsp3) is 0.391. The molecule has 8 nitrogen and oxygen atoms in total. The number of methoxy groups -OCH3 is 1. The summed E-state index contributed by atoms with van der Waals surface area (Å²) in [6.45, 7) is 1.50. The maximum atomic E-state index is 12.8. The van der Waals surface area contributed by atoms with E-state index < -0.39 is 22.1 Å². The van der Waals surface area contributed by atoms with Crippen LogP contribution < -0.4 is 14.8 Å². The highest BCUT2D eigenvalue weighted by molar-refractivity contribution is 7.92. The van der Waals surface area contributed by atoms with Gasteiger partial charge in [0.25, 0.3) is 15.9 Å². The molecule has 0 heterocycles. The van der Waals surface area contributed by atoms with Gasteiger partial charge in [0.05, 0.1) is 23.3 Å². The summed E-state index contributed by atoms with van der Waals surface area (Å²) in [6.07, 6.45) is 4.17. The molecule has 1 amide bonds. The third-order valence-electron chi connectivity index (χ3n) is 5.34. The number of amides is 1. The van der Waals surface area contributed by atoms with E-state index in [0.29, 0.717) is 5.75 Å². The highest BCUT2D eigenvalue weighted by Crippen LogP contribution is 2.26. The summed E-state index contributed by atoms with van der Waals surface area (Å²) >= 11 is 0. The monoisotopic (exact) mass is 460 g/mol. The Balaban J connectivity index is 1.67. The van der Waals surface area contributed by atoms with Gasteiger partial charge in [-0.1, -0.05) is 37.5 Å². The van der Waals surface area contributed by atoms with Crippen molar-refractivity contribution < 1.29 is 27.5 Å². The molecule has 1 saturated carbocycles. The summed E-state index contributed by atoms with van der Waals surface area (Å²) in [7, 11) is -2.54. The first-order valence-electron chi connectivity index (χ1n) is 10.6. The van der Waals surface area contributed by atoms with Gasteiger partial charge < -0.3 is 14.8 Å². The van der Waals surface area contributed by atoms with Gasteiger partial charge in [0, 0.05) is 6.04 Å². The minimum atomic E-state index is -3.98. The number of hydrogen-bond donors (Lipinski definition) is 2. The molecule has 1 atom stereocenters. The quantitative estimate of drug-likeness (QED) is 0.584. The van der Waals surface area contributed by atoms with Gasteiger partial charge in [0.1, 0.15) is 5.75 Å². The first kappa shape index (κ1) is 23.6. The van der Waals surface area contributed by atoms with Gasteiger partial charge in [0.15, 0.2) is 6.10 Å². The smallest absolute Gasteiger partial charge is 0.338 e. The Bertz CT molecular complexity index is 1060. The summed E-state index contributed by atoms with van der Waals surface area (Å²) in [4.78, 5) is 24.8. The van der Waals surface area contributed by atoms with Crippen LogP contribution in [0.15, 0.2) is 53.4 Å². The molecule has 9 heteroatoms. The van der Waals surface area contributed by atoms with Gasteiger partial charge in [-0.2, -0.15) is 0 Å². The number of nitrogens with one attached hydrogen (secondary N) is 2. The number of carbonyl (C=O) groups excluding carboxylic acids is 2. The Morgan fingerprint density at radius 2 is 1.75 bits per heavy atom. The topological polar surface area (TPSA) is 111 Å². The number of rotatable bonds is 8. The van der Waals surface area contributed by atoms with Gasteiger partial charge in [-0.3, -0.25) is 9.52 Å². The second-order valence-corrected chi connectivity index (χ2v) is 9.41. The molecule has 0 radical (unpaired) electrons. The van der Waals surface area contributed by atoms with E-state index in [1.165, 1.54) is 44.7 Å². The zero-order chi connectivity index (χ0) is 23.1. The summed E-state index contributed by atoms with van der Waals surface area (Å²) in [5, 5.41) is 2.92. The standard InChI is InChI=1S/C23H28N2O6S/c1-16(22(26)24-18-10-4-3-5-11-18)31-23(27)17-9-8-12-19(15-17)32(28,29)25-20-13-6-7-14-21(20)30-2/h6-9,12-16,18,25H,3-5,10-11H2,1-2H3,(H,24,26). The van der Waals surface area contributed by atoms with E-state index in [4.69, 9.17) is 9.47 Å². The molecule has 32 heavy (non-hydrogen) atoms. The molecular weight excluding hydrogens is 432 g/mol. The predicted molar refractivity (Wildman–Crippen MR) is 120 cm³/mol. The molecule has 1 aliphatic rings. The van der Waals surface area contributed by atoms with Crippen LogP contribution >= 0.6 is 0 Å². The largest absolute Gasteiger partial charge is 0.495 e. The molecule has 3 rings (SSSR count). The summed E-state index contributed by atoms with van der Waals surface area (Å²) in [5.41, 5.74) is 0.307. The van der Waals surface area contributed by atoms with Crippen molar-refractivity contribution in [3.63, 3.8) is 0 Å². The van der Waals surface area contributed by atoms with Crippen LogP contribution in [0, 0.1) is 0 Å². The van der Waals surface area contributed by atoms with Gasteiger partial charge >= 0.3 is 5.97 Å². The zero-order valence-corrected chi connectivity index (χ0v) is 19.0. The van der Waals surface area contributed by atoms with Gasteiger partial charge in [-0.05, 0) is 50.1 Å². The average Bonchev–Trinajstić information content (AvgIpc) is 2.80. The molecular formula is C23H28N2O6S. The predicted octanol–water partition coefficient (Wildman–Crippen LogP) is 3.49. The molecule has 0 spiro atoms. The lowest BCUT2D eigenvalue weighted by Gasteiger charge is -2.24. The van der Waals surface area contributed by atoms with Crippen molar-refractivity contribution in [3.05, 3.63) is 54.1 Å². The van der Waals surface area contributed by atoms with E-state index in [9.17, 15) is 18.0 Å². The molecule has 1 aliphatic carbocycles. The van der Waals surface area contributed by atoms with Crippen molar-refractivity contribution in [3.8, 4) is 5.75 Å². The van der Waals surface area contributed by atoms with E-state index in [2.05, 4.69) is 10.0 Å². The van der Waals surface area contributed by atoms with Gasteiger partial charge in [-0.25, -0.2) is 13.2 Å². The van der Waals surface area contributed by atoms with Crippen molar-refractivity contribution in [2.45, 2.75) is 56.1 Å². The SMILES string of the molecule is COc1ccccc1NS(=O)(=O)c1cccc(C(=O)OC(C)C(=O)NC2CCCCC2)c1. The lowest BCUT2D eigenvalue weighted by Crippen LogP contribution is -2.42. The Kier molecular flexibility index (Phi) is 7.74. The molecule has 0 aromatic heterocycles. The van der Waals surface area contributed by atoms with Crippen LogP contribution in [-0.2, 0) is 19.6 Å². The lowest BCUT2D eigenvalue weighted by atomic mass is 9.95. The Morgan fingerprint density at radius 1 is 1.03 bits per heavy atom. The van der Waals surface area contributed by atoms with E-state index in [1.807, 2.05) is 0 Å². The van der Waals surface area contributed by atoms with Crippen molar-refractivity contribution in [1.29, 1.82) is 0 Å². The van der Waals surface area contributed by atoms with Crippen molar-refractivity contribution in [2.75, 3.05) is 11.8 Å². The number of hydrogen-bond acceptors (Lipinski definition) is 6. The van der Waals surface area contributed by atoms with Gasteiger partial charge in [0.2, 0.25) is 0 Å². The molecule has 0 aliphatic heterocycles. The van der Waals surface area contributed by atoms with Crippen LogP contribution in [0.5, 0.6) is 5.75 Å². The summed E-state index contributed by atoms with van der Waals surface area (Å²) in [5.74, 6) is -0.762. The van der Waals surface area contributed by atoms with E-state index in [0.717, 1.165) is 25.7 Å². The van der Waals surface area contributed by atoms with Gasteiger partial charge in [-0.15, -0.1) is 0 Å². The Morgan fingerprint density at radius 3 is 2.47 bits per heavy atom. The van der Waals surface area contributed by atoms with E-state index >= 15 is 0 Å². The number of sulfonamides is 1. The van der Waals surface area contributed by atoms with Crippen molar-refractivity contribution >= 4 is 27.6 Å². The van der Waals surface area contributed by atoms with E-state index in [1.54, 1.807) is 24.3 Å². The third-order valence-corrected chi connectivity index (χ3v) is 6.70. The van der Waals surface area contributed by atoms with Crippen molar-refractivity contribution in [1.82, 2.24) is 5.32 Å². The first-order chi connectivity index (χ1) is 15.3. The molecule has 1 fully saturated rings. The van der Waals surface area contributed by atoms with Crippen LogP contribution in [0.4, 0.5) is 5.69 Å². The summed E-state index contributed by atoms with van der Waals surface area (Å²) < 4.78 is 38.5. The number of ether oxygens (including phenoxy) is 2. The second-order valence-electron chi connectivity index (χ2n) is 7.72. The average molecular weight is 461 g/mol. The van der Waals surface area contributed by atoms with Crippen LogP contribution in [0.25, 0.3) is 0 Å². The lowest BCUT2D eigenvalue weighted by molar-refractivity contribution is -0.130. The Labute approximate surface area is 188 Å². The number of benzene rings is 2. The second kappa shape index (κ2) is 10.5.